The average Bonchev–Trinajstić information content (AvgIpc) is 2.39. The van der Waals surface area contributed by atoms with Crippen LogP contribution in [0.1, 0.15) is 23.2 Å². The summed E-state index contributed by atoms with van der Waals surface area (Å²) in [7, 11) is 1.43. The van der Waals surface area contributed by atoms with Crippen LogP contribution in [-0.2, 0) is 13.8 Å². The van der Waals surface area contributed by atoms with Crippen molar-refractivity contribution in [2.75, 3.05) is 13.2 Å². The molecule has 20 heavy (non-hydrogen) atoms. The second-order valence-electron chi connectivity index (χ2n) is 4.44. The number of halogens is 2. The van der Waals surface area contributed by atoms with Gasteiger partial charge in [-0.1, -0.05) is 0 Å². The first-order chi connectivity index (χ1) is 9.38. The van der Waals surface area contributed by atoms with Crippen LogP contribution in [0.25, 0.3) is 0 Å². The van der Waals surface area contributed by atoms with Gasteiger partial charge in [-0.25, -0.2) is 8.42 Å². The predicted octanol–water partition coefficient (Wildman–Crippen LogP) is 2.29. The second-order valence-corrected chi connectivity index (χ2v) is 7.86. The number of rotatable bonds is 3. The van der Waals surface area contributed by atoms with E-state index < -0.39 is 9.05 Å². The summed E-state index contributed by atoms with van der Waals surface area (Å²) in [6.07, 6.45) is 1.49. The maximum atomic E-state index is 12.2. The first kappa shape index (κ1) is 15.8. The zero-order valence-electron chi connectivity index (χ0n) is 10.4. The molecule has 1 aliphatic heterocycles. The van der Waals surface area contributed by atoms with E-state index in [1.54, 1.807) is 0 Å². The number of carbonyl (C=O) groups is 1. The van der Waals surface area contributed by atoms with E-state index in [-0.39, 0.29) is 22.4 Å². The minimum Gasteiger partial charge on any atom is -0.381 e. The molecule has 1 aliphatic rings. The topological polar surface area (TPSA) is 72.5 Å². The molecule has 5 nitrogen and oxygen atoms in total. The van der Waals surface area contributed by atoms with Crippen LogP contribution in [0.2, 0.25) is 0 Å². The van der Waals surface area contributed by atoms with Crippen molar-refractivity contribution in [3.8, 4) is 0 Å². The quantitative estimate of drug-likeness (QED) is 0.814. The number of ether oxygens (including phenoxy) is 1. The first-order valence-corrected chi connectivity index (χ1v) is 9.11. The van der Waals surface area contributed by atoms with Crippen LogP contribution in [0.5, 0.6) is 0 Å². The number of hydrogen-bond donors (Lipinski definition) is 1. The number of nitrogens with one attached hydrogen (secondary N) is 1. The van der Waals surface area contributed by atoms with Gasteiger partial charge in [0.2, 0.25) is 0 Å². The Balaban J connectivity index is 2.20. The van der Waals surface area contributed by atoms with Crippen molar-refractivity contribution < 1.29 is 17.9 Å². The minimum atomic E-state index is -3.86. The Bertz CT molecular complexity index is 614. The van der Waals surface area contributed by atoms with Crippen molar-refractivity contribution >= 4 is 41.6 Å². The van der Waals surface area contributed by atoms with Gasteiger partial charge in [-0.15, -0.1) is 0 Å². The fourth-order valence-electron chi connectivity index (χ4n) is 1.94. The van der Waals surface area contributed by atoms with E-state index in [9.17, 15) is 13.2 Å². The highest BCUT2D eigenvalue weighted by atomic mass is 79.9. The Kier molecular flexibility index (Phi) is 5.06. The number of amides is 1. The number of benzene rings is 1. The van der Waals surface area contributed by atoms with Gasteiger partial charge in [0.1, 0.15) is 0 Å². The Hall–Kier alpha value is -0.630. The van der Waals surface area contributed by atoms with Gasteiger partial charge in [-0.3, -0.25) is 4.79 Å². The maximum absolute atomic E-state index is 12.2. The lowest BCUT2D eigenvalue weighted by atomic mass is 10.1. The van der Waals surface area contributed by atoms with Crippen LogP contribution in [0, 0.1) is 0 Å². The monoisotopic (exact) mass is 381 g/mol. The van der Waals surface area contributed by atoms with Gasteiger partial charge >= 0.3 is 0 Å². The fraction of sp³-hybridized carbons (Fsp3) is 0.417. The van der Waals surface area contributed by atoms with Crippen molar-refractivity contribution in [1.82, 2.24) is 5.32 Å². The lowest BCUT2D eigenvalue weighted by Gasteiger charge is -2.23. The van der Waals surface area contributed by atoms with Crippen LogP contribution in [0.3, 0.4) is 0 Å². The van der Waals surface area contributed by atoms with E-state index in [1.807, 2.05) is 0 Å². The van der Waals surface area contributed by atoms with Crippen molar-refractivity contribution in [2.24, 2.45) is 0 Å². The normalized spacial score (nSPS) is 16.9. The Morgan fingerprint density at radius 3 is 2.60 bits per heavy atom. The molecule has 0 bridgehead atoms. The zero-order valence-corrected chi connectivity index (χ0v) is 13.6. The van der Waals surface area contributed by atoms with Crippen LogP contribution < -0.4 is 5.32 Å². The second kappa shape index (κ2) is 6.43. The molecule has 1 fully saturated rings. The molecule has 0 radical (unpaired) electrons. The molecule has 8 heteroatoms. The Labute approximate surface area is 130 Å². The van der Waals surface area contributed by atoms with Gasteiger partial charge in [-0.2, -0.15) is 0 Å². The van der Waals surface area contributed by atoms with Crippen molar-refractivity contribution in [1.29, 1.82) is 0 Å². The molecule has 0 aliphatic carbocycles. The Morgan fingerprint density at radius 2 is 2.00 bits per heavy atom. The molecule has 0 atom stereocenters. The lowest BCUT2D eigenvalue weighted by Crippen LogP contribution is -2.39. The van der Waals surface area contributed by atoms with E-state index >= 15 is 0 Å². The molecule has 1 heterocycles. The van der Waals surface area contributed by atoms with Gasteiger partial charge < -0.3 is 10.1 Å². The van der Waals surface area contributed by atoms with Gasteiger partial charge in [0, 0.05) is 34.4 Å². The Morgan fingerprint density at radius 1 is 1.35 bits per heavy atom. The highest BCUT2D eigenvalue weighted by Gasteiger charge is 2.20. The molecule has 110 valence electrons. The van der Waals surface area contributed by atoms with Gasteiger partial charge in [0.05, 0.1) is 10.5 Å². The smallest absolute Gasteiger partial charge is 0.261 e. The first-order valence-electron chi connectivity index (χ1n) is 6.01. The van der Waals surface area contributed by atoms with E-state index in [2.05, 4.69) is 21.2 Å². The summed E-state index contributed by atoms with van der Waals surface area (Å²) >= 11 is 3.24. The molecule has 1 saturated heterocycles. The summed E-state index contributed by atoms with van der Waals surface area (Å²) in [5.41, 5.74) is 0.248. The minimum absolute atomic E-state index is 0.0411. The van der Waals surface area contributed by atoms with E-state index in [4.69, 9.17) is 15.4 Å². The van der Waals surface area contributed by atoms with Crippen molar-refractivity contribution in [3.05, 3.63) is 28.2 Å². The molecule has 1 N–H and O–H groups in total. The lowest BCUT2D eigenvalue weighted by molar-refractivity contribution is 0.0696. The van der Waals surface area contributed by atoms with E-state index in [1.165, 1.54) is 18.2 Å². The number of carbonyl (C=O) groups excluding carboxylic acids is 1. The SMILES string of the molecule is O=C(NC1CCOCC1)c1cc(S(=O)(=O)Cl)ccc1Br. The summed E-state index contributed by atoms with van der Waals surface area (Å²) in [5.74, 6) is -0.328. The maximum Gasteiger partial charge on any atom is 0.261 e. The molecular weight excluding hydrogens is 370 g/mol. The predicted molar refractivity (Wildman–Crippen MR) is 78.5 cm³/mol. The largest absolute Gasteiger partial charge is 0.381 e. The van der Waals surface area contributed by atoms with Crippen molar-refractivity contribution in [3.63, 3.8) is 0 Å². The van der Waals surface area contributed by atoms with Crippen LogP contribution in [-0.4, -0.2) is 33.6 Å². The standard InChI is InChI=1S/C12H13BrClNO4S/c13-11-2-1-9(20(14,17)18)7-10(11)12(16)15-8-3-5-19-6-4-8/h1-2,7-8H,3-6H2,(H,15,16). The van der Waals surface area contributed by atoms with Gasteiger partial charge in [-0.05, 0) is 47.0 Å². The third kappa shape index (κ3) is 3.94. The molecule has 2 rings (SSSR count). The zero-order chi connectivity index (χ0) is 14.8. The van der Waals surface area contributed by atoms with E-state index in [0.717, 1.165) is 12.8 Å². The molecular formula is C12H13BrClNO4S. The third-order valence-electron chi connectivity index (χ3n) is 3.02. The average molecular weight is 383 g/mol. The third-order valence-corrected chi connectivity index (χ3v) is 5.06. The summed E-state index contributed by atoms with van der Waals surface area (Å²) in [5, 5.41) is 2.87. The number of hydrogen-bond acceptors (Lipinski definition) is 4. The van der Waals surface area contributed by atoms with Crippen molar-refractivity contribution in [2.45, 2.75) is 23.8 Å². The molecule has 1 amide bonds. The van der Waals surface area contributed by atoms with E-state index in [0.29, 0.717) is 17.7 Å². The molecule has 1 aromatic rings. The van der Waals surface area contributed by atoms with Crippen LogP contribution in [0.15, 0.2) is 27.6 Å². The summed E-state index contributed by atoms with van der Waals surface area (Å²) < 4.78 is 28.4. The van der Waals surface area contributed by atoms with Crippen LogP contribution in [0.4, 0.5) is 0 Å². The summed E-state index contributed by atoms with van der Waals surface area (Å²) in [6.45, 7) is 1.23. The molecule has 0 aromatic heterocycles. The molecule has 0 spiro atoms. The summed E-state index contributed by atoms with van der Waals surface area (Å²) in [4.78, 5) is 12.1. The van der Waals surface area contributed by atoms with Crippen LogP contribution >= 0.6 is 26.6 Å². The van der Waals surface area contributed by atoms with Gasteiger partial charge in [0.15, 0.2) is 0 Å². The molecule has 0 saturated carbocycles. The fourth-order valence-corrected chi connectivity index (χ4v) is 3.14. The molecule has 1 aromatic carbocycles. The molecule has 0 unspecified atom stereocenters. The highest BCUT2D eigenvalue weighted by Crippen LogP contribution is 2.23. The van der Waals surface area contributed by atoms with Gasteiger partial charge in [0.25, 0.3) is 15.0 Å². The highest BCUT2D eigenvalue weighted by molar-refractivity contribution is 9.10. The summed E-state index contributed by atoms with van der Waals surface area (Å²) in [6, 6.07) is 4.15.